The van der Waals surface area contributed by atoms with Crippen LogP contribution in [0.15, 0.2) is 47.2 Å². The van der Waals surface area contributed by atoms with Gasteiger partial charge in [-0.05, 0) is 52.3 Å². The highest BCUT2D eigenvalue weighted by Gasteiger charge is 2.13. The second kappa shape index (κ2) is 4.56. The Morgan fingerprint density at radius 2 is 1.73 bits per heavy atom. The van der Waals surface area contributed by atoms with Gasteiger partial charge in [-0.3, -0.25) is 0 Å². The second-order valence-corrected chi connectivity index (χ2v) is 5.74. The van der Waals surface area contributed by atoms with Crippen LogP contribution in [-0.2, 0) is 0 Å². The van der Waals surface area contributed by atoms with Crippen molar-refractivity contribution >= 4 is 43.3 Å². The number of hydrogen-bond acceptors (Lipinski definition) is 3. The Kier molecular flexibility index (Phi) is 2.66. The summed E-state index contributed by atoms with van der Waals surface area (Å²) in [7, 11) is 0. The van der Waals surface area contributed by atoms with Crippen molar-refractivity contribution in [3.63, 3.8) is 0 Å². The summed E-state index contributed by atoms with van der Waals surface area (Å²) in [6.07, 6.45) is 1.94. The van der Waals surface area contributed by atoms with Crippen LogP contribution >= 0.6 is 15.9 Å². The number of rotatable bonds is 0. The van der Waals surface area contributed by atoms with Gasteiger partial charge >= 0.3 is 0 Å². The maximum Gasteiger partial charge on any atom is 0.106 e. The highest BCUT2D eigenvalue weighted by Crippen LogP contribution is 2.31. The quantitative estimate of drug-likeness (QED) is 0.355. The van der Waals surface area contributed by atoms with Crippen molar-refractivity contribution in [1.29, 1.82) is 10.5 Å². The van der Waals surface area contributed by atoms with Crippen LogP contribution in [0.4, 0.5) is 0 Å². The van der Waals surface area contributed by atoms with Gasteiger partial charge in [0, 0.05) is 17.0 Å². The molecule has 0 saturated carbocycles. The first-order valence-electron chi connectivity index (χ1n) is 6.56. The smallest absolute Gasteiger partial charge is 0.106 e. The first kappa shape index (κ1) is 12.8. The Morgan fingerprint density at radius 3 is 2.50 bits per heavy atom. The van der Waals surface area contributed by atoms with Crippen LogP contribution in [0.2, 0.25) is 0 Å². The lowest BCUT2D eigenvalue weighted by molar-refractivity contribution is 1.26. The minimum absolute atomic E-state index is 0.380. The molecule has 4 rings (SSSR count). The first-order chi connectivity index (χ1) is 10.7. The van der Waals surface area contributed by atoms with E-state index in [1.807, 2.05) is 34.9 Å². The Bertz CT molecular complexity index is 1160. The zero-order valence-corrected chi connectivity index (χ0v) is 12.8. The molecule has 1 aromatic carbocycles. The average Bonchev–Trinajstić information content (AvgIpc) is 3.03. The molecule has 0 fully saturated rings. The number of halogens is 1. The molecule has 102 valence electrons. The van der Waals surface area contributed by atoms with Crippen LogP contribution in [0.25, 0.3) is 27.3 Å². The molecule has 4 nitrogen and oxygen atoms in total. The van der Waals surface area contributed by atoms with E-state index in [-0.39, 0.29) is 0 Å². The van der Waals surface area contributed by atoms with Crippen LogP contribution in [0.3, 0.4) is 0 Å². The summed E-state index contributed by atoms with van der Waals surface area (Å²) in [5.74, 6) is 0. The van der Waals surface area contributed by atoms with E-state index in [1.165, 1.54) is 0 Å². The fraction of sp³-hybridized carbons (Fsp3) is 0. The lowest BCUT2D eigenvalue weighted by Crippen LogP contribution is -1.94. The van der Waals surface area contributed by atoms with E-state index in [4.69, 9.17) is 0 Å². The Hall–Kier alpha value is -2.89. The van der Waals surface area contributed by atoms with Gasteiger partial charge in [-0.1, -0.05) is 0 Å². The first-order valence-corrected chi connectivity index (χ1v) is 7.35. The molecule has 0 spiro atoms. The highest BCUT2D eigenvalue weighted by molar-refractivity contribution is 9.10. The Morgan fingerprint density at radius 1 is 0.955 bits per heavy atom. The average molecular weight is 347 g/mol. The number of benzene rings is 1. The predicted molar refractivity (Wildman–Crippen MR) is 87.3 cm³/mol. The standard InChI is InChI=1S/C17H7BrN4/c18-16-4-3-12-13-6-10(8-19)11(9-20)7-15(13)22-5-1-2-14(22)17(12)21-16/h1-7H. The van der Waals surface area contributed by atoms with Crippen molar-refractivity contribution < 1.29 is 0 Å². The van der Waals surface area contributed by atoms with Gasteiger partial charge in [0.25, 0.3) is 0 Å². The molecule has 0 aliphatic heterocycles. The van der Waals surface area contributed by atoms with Crippen LogP contribution in [0.1, 0.15) is 11.1 Å². The van der Waals surface area contributed by atoms with E-state index >= 15 is 0 Å². The largest absolute Gasteiger partial charge is 0.314 e. The van der Waals surface area contributed by atoms with Crippen molar-refractivity contribution in [2.45, 2.75) is 0 Å². The van der Waals surface area contributed by atoms with Crippen LogP contribution < -0.4 is 0 Å². The van der Waals surface area contributed by atoms with Crippen molar-refractivity contribution in [3.05, 3.63) is 58.3 Å². The molecular formula is C17H7BrN4. The van der Waals surface area contributed by atoms with Crippen LogP contribution in [0, 0.1) is 22.7 Å². The minimum atomic E-state index is 0.380. The SMILES string of the molecule is N#Cc1cc2c3ccc(Br)nc3c3cccn3c2cc1C#N. The number of aromatic nitrogens is 2. The molecule has 3 aromatic heterocycles. The summed E-state index contributed by atoms with van der Waals surface area (Å²) >= 11 is 3.41. The number of pyridine rings is 2. The third-order valence-corrected chi connectivity index (χ3v) is 4.22. The number of hydrogen-bond donors (Lipinski definition) is 0. The lowest BCUT2D eigenvalue weighted by Gasteiger charge is -2.10. The monoisotopic (exact) mass is 346 g/mol. The fourth-order valence-electron chi connectivity index (χ4n) is 2.82. The summed E-state index contributed by atoms with van der Waals surface area (Å²) in [6, 6.07) is 15.5. The normalized spacial score (nSPS) is 10.9. The van der Waals surface area contributed by atoms with E-state index in [9.17, 15) is 10.5 Å². The molecule has 0 saturated heterocycles. The molecule has 3 heterocycles. The van der Waals surface area contributed by atoms with Gasteiger partial charge in [-0.25, -0.2) is 4.98 Å². The van der Waals surface area contributed by atoms with E-state index in [1.54, 1.807) is 12.1 Å². The molecule has 0 bridgehead atoms. The van der Waals surface area contributed by atoms with Gasteiger partial charge in [0.15, 0.2) is 0 Å². The van der Waals surface area contributed by atoms with Gasteiger partial charge in [-0.15, -0.1) is 0 Å². The molecule has 0 unspecified atom stereocenters. The number of nitrogens with zero attached hydrogens (tertiary/aromatic N) is 4. The van der Waals surface area contributed by atoms with Crippen LogP contribution in [-0.4, -0.2) is 9.38 Å². The van der Waals surface area contributed by atoms with Crippen molar-refractivity contribution in [3.8, 4) is 12.1 Å². The van der Waals surface area contributed by atoms with Gasteiger partial charge in [-0.2, -0.15) is 10.5 Å². The van der Waals surface area contributed by atoms with E-state index in [0.717, 1.165) is 31.9 Å². The molecule has 22 heavy (non-hydrogen) atoms. The third kappa shape index (κ3) is 1.64. The topological polar surface area (TPSA) is 64.9 Å². The number of fused-ring (bicyclic) bond motifs is 6. The summed E-state index contributed by atoms with van der Waals surface area (Å²) in [6.45, 7) is 0. The van der Waals surface area contributed by atoms with E-state index in [2.05, 4.69) is 33.1 Å². The van der Waals surface area contributed by atoms with Crippen LogP contribution in [0.5, 0.6) is 0 Å². The molecule has 0 aliphatic carbocycles. The maximum atomic E-state index is 9.27. The molecule has 4 aromatic rings. The zero-order chi connectivity index (χ0) is 15.3. The van der Waals surface area contributed by atoms with Crippen molar-refractivity contribution in [1.82, 2.24) is 9.38 Å². The Labute approximate surface area is 134 Å². The van der Waals surface area contributed by atoms with Crippen molar-refractivity contribution in [2.75, 3.05) is 0 Å². The molecule has 0 radical (unpaired) electrons. The summed E-state index contributed by atoms with van der Waals surface area (Å²) in [5.41, 5.74) is 3.49. The molecule has 0 N–H and O–H groups in total. The highest BCUT2D eigenvalue weighted by atomic mass is 79.9. The fourth-order valence-corrected chi connectivity index (χ4v) is 3.13. The second-order valence-electron chi connectivity index (χ2n) is 4.93. The summed E-state index contributed by atoms with van der Waals surface area (Å²) in [4.78, 5) is 4.57. The maximum absolute atomic E-state index is 9.27. The van der Waals surface area contributed by atoms with E-state index in [0.29, 0.717) is 11.1 Å². The van der Waals surface area contributed by atoms with Gasteiger partial charge < -0.3 is 4.40 Å². The molecule has 0 atom stereocenters. The van der Waals surface area contributed by atoms with Gasteiger partial charge in [0.2, 0.25) is 0 Å². The zero-order valence-electron chi connectivity index (χ0n) is 11.2. The molecular weight excluding hydrogens is 340 g/mol. The van der Waals surface area contributed by atoms with Crippen molar-refractivity contribution in [2.24, 2.45) is 0 Å². The van der Waals surface area contributed by atoms with Gasteiger partial charge in [0.05, 0.1) is 27.7 Å². The molecule has 5 heteroatoms. The summed E-state index contributed by atoms with van der Waals surface area (Å²) < 4.78 is 2.76. The summed E-state index contributed by atoms with van der Waals surface area (Å²) in [5, 5.41) is 20.4. The minimum Gasteiger partial charge on any atom is -0.314 e. The number of nitriles is 2. The third-order valence-electron chi connectivity index (χ3n) is 3.78. The predicted octanol–water partition coefficient (Wildman–Crippen LogP) is 4.15. The van der Waals surface area contributed by atoms with E-state index < -0.39 is 0 Å². The Balaban J connectivity index is 2.36. The van der Waals surface area contributed by atoms with Gasteiger partial charge in [0.1, 0.15) is 16.7 Å². The lowest BCUT2D eigenvalue weighted by atomic mass is 10.0. The molecule has 0 aliphatic rings. The molecule has 0 amide bonds.